The molecule has 1 heterocycles. The molecule has 0 saturated carbocycles. The van der Waals surface area contributed by atoms with Crippen molar-refractivity contribution in [3.05, 3.63) is 33.4 Å². The molecule has 1 unspecified atom stereocenters. The van der Waals surface area contributed by atoms with Crippen LogP contribution in [0.25, 0.3) is 0 Å². The Morgan fingerprint density at radius 2 is 2.06 bits per heavy atom. The van der Waals surface area contributed by atoms with Crippen LogP contribution in [0.15, 0.2) is 24.3 Å². The molecule has 18 heavy (non-hydrogen) atoms. The predicted molar refractivity (Wildman–Crippen MR) is 82.7 cm³/mol. The molecule has 1 fully saturated rings. The molecule has 1 aromatic carbocycles. The summed E-state index contributed by atoms with van der Waals surface area (Å²) >= 11 is 2.27. The van der Waals surface area contributed by atoms with Crippen molar-refractivity contribution in [1.29, 1.82) is 0 Å². The van der Waals surface area contributed by atoms with Crippen molar-refractivity contribution < 1.29 is 4.79 Å². The molecule has 1 aliphatic rings. The summed E-state index contributed by atoms with van der Waals surface area (Å²) in [4.78, 5) is 14.6. The fourth-order valence-corrected chi connectivity index (χ4v) is 3.02. The standard InChI is InChI=1S/C15H20INO/c1-2-5-14-6-3-4-11-17(14)15(18)12-7-9-13(16)10-8-12/h7-10,14H,2-6,11H2,1H3. The number of halogens is 1. The van der Waals surface area contributed by atoms with Crippen LogP contribution < -0.4 is 0 Å². The van der Waals surface area contributed by atoms with E-state index in [1.807, 2.05) is 24.3 Å². The van der Waals surface area contributed by atoms with Gasteiger partial charge in [0, 0.05) is 21.7 Å². The molecule has 2 rings (SSSR count). The summed E-state index contributed by atoms with van der Waals surface area (Å²) in [5, 5.41) is 0. The molecular weight excluding hydrogens is 337 g/mol. The maximum atomic E-state index is 12.5. The predicted octanol–water partition coefficient (Wildman–Crippen LogP) is 4.09. The highest BCUT2D eigenvalue weighted by Crippen LogP contribution is 2.23. The maximum absolute atomic E-state index is 12.5. The molecule has 1 saturated heterocycles. The van der Waals surface area contributed by atoms with E-state index in [9.17, 15) is 4.79 Å². The zero-order valence-electron chi connectivity index (χ0n) is 10.9. The van der Waals surface area contributed by atoms with Crippen molar-refractivity contribution in [2.45, 2.75) is 45.1 Å². The van der Waals surface area contributed by atoms with Gasteiger partial charge in [0.2, 0.25) is 0 Å². The van der Waals surface area contributed by atoms with Gasteiger partial charge >= 0.3 is 0 Å². The van der Waals surface area contributed by atoms with Crippen LogP contribution in [-0.4, -0.2) is 23.4 Å². The van der Waals surface area contributed by atoms with Crippen molar-refractivity contribution >= 4 is 28.5 Å². The van der Waals surface area contributed by atoms with E-state index in [0.29, 0.717) is 6.04 Å². The summed E-state index contributed by atoms with van der Waals surface area (Å²) in [6.45, 7) is 3.12. The molecule has 0 aliphatic carbocycles. The van der Waals surface area contributed by atoms with Gasteiger partial charge in [0.1, 0.15) is 0 Å². The van der Waals surface area contributed by atoms with Gasteiger partial charge in [-0.2, -0.15) is 0 Å². The lowest BCUT2D eigenvalue weighted by molar-refractivity contribution is 0.0600. The van der Waals surface area contributed by atoms with Crippen LogP contribution >= 0.6 is 22.6 Å². The molecule has 2 nitrogen and oxygen atoms in total. The molecule has 1 amide bonds. The van der Waals surface area contributed by atoms with E-state index in [0.717, 1.165) is 31.4 Å². The van der Waals surface area contributed by atoms with Crippen LogP contribution in [0.4, 0.5) is 0 Å². The van der Waals surface area contributed by atoms with Gasteiger partial charge in [0.25, 0.3) is 5.91 Å². The van der Waals surface area contributed by atoms with Crippen LogP contribution in [0, 0.1) is 3.57 Å². The molecule has 0 spiro atoms. The monoisotopic (exact) mass is 357 g/mol. The molecule has 0 N–H and O–H groups in total. The SMILES string of the molecule is CCCC1CCCCN1C(=O)c1ccc(I)cc1. The number of amides is 1. The van der Waals surface area contributed by atoms with E-state index < -0.39 is 0 Å². The fraction of sp³-hybridized carbons (Fsp3) is 0.533. The lowest BCUT2D eigenvalue weighted by Gasteiger charge is -2.35. The summed E-state index contributed by atoms with van der Waals surface area (Å²) in [6.07, 6.45) is 5.87. The molecule has 98 valence electrons. The Balaban J connectivity index is 2.12. The minimum atomic E-state index is 0.213. The summed E-state index contributed by atoms with van der Waals surface area (Å²) in [5.41, 5.74) is 0.832. The molecule has 3 heteroatoms. The van der Waals surface area contributed by atoms with E-state index in [4.69, 9.17) is 0 Å². The van der Waals surface area contributed by atoms with Crippen LogP contribution in [-0.2, 0) is 0 Å². The smallest absolute Gasteiger partial charge is 0.254 e. The summed E-state index contributed by atoms with van der Waals surface area (Å²) in [6, 6.07) is 8.36. The second-order valence-corrected chi connectivity index (χ2v) is 6.19. The van der Waals surface area contributed by atoms with Gasteiger partial charge in [-0.05, 0) is 72.5 Å². The van der Waals surface area contributed by atoms with E-state index >= 15 is 0 Å². The van der Waals surface area contributed by atoms with Gasteiger partial charge in [0.05, 0.1) is 0 Å². The third kappa shape index (κ3) is 3.25. The van der Waals surface area contributed by atoms with E-state index in [1.165, 1.54) is 16.4 Å². The van der Waals surface area contributed by atoms with Crippen LogP contribution in [0.3, 0.4) is 0 Å². The third-order valence-corrected chi connectivity index (χ3v) is 4.32. The quantitative estimate of drug-likeness (QED) is 0.747. The van der Waals surface area contributed by atoms with Crippen LogP contribution in [0.2, 0.25) is 0 Å². The van der Waals surface area contributed by atoms with Gasteiger partial charge in [-0.3, -0.25) is 4.79 Å². The van der Waals surface area contributed by atoms with Crippen molar-refractivity contribution in [2.75, 3.05) is 6.54 Å². The van der Waals surface area contributed by atoms with E-state index in [2.05, 4.69) is 34.4 Å². The van der Waals surface area contributed by atoms with Gasteiger partial charge < -0.3 is 4.90 Å². The molecule has 1 aromatic rings. The Morgan fingerprint density at radius 1 is 1.33 bits per heavy atom. The Bertz CT molecular complexity index is 399. The second kappa shape index (κ2) is 6.55. The third-order valence-electron chi connectivity index (χ3n) is 3.60. The summed E-state index contributed by atoms with van der Waals surface area (Å²) in [7, 11) is 0. The first-order valence-electron chi connectivity index (χ1n) is 6.79. The van der Waals surface area contributed by atoms with Gasteiger partial charge in [-0.15, -0.1) is 0 Å². The van der Waals surface area contributed by atoms with Crippen molar-refractivity contribution in [3.63, 3.8) is 0 Å². The second-order valence-electron chi connectivity index (χ2n) is 4.94. The van der Waals surface area contributed by atoms with Gasteiger partial charge in [-0.25, -0.2) is 0 Å². The first-order chi connectivity index (χ1) is 8.72. The molecule has 1 atom stereocenters. The molecule has 1 aliphatic heterocycles. The summed E-state index contributed by atoms with van der Waals surface area (Å²) < 4.78 is 1.17. The summed E-state index contributed by atoms with van der Waals surface area (Å²) in [5.74, 6) is 0.213. The number of hydrogen-bond acceptors (Lipinski definition) is 1. The fourth-order valence-electron chi connectivity index (χ4n) is 2.66. The molecule has 0 radical (unpaired) electrons. The topological polar surface area (TPSA) is 20.3 Å². The number of benzene rings is 1. The average molecular weight is 357 g/mol. The first kappa shape index (κ1) is 13.8. The minimum Gasteiger partial charge on any atom is -0.336 e. The van der Waals surface area contributed by atoms with Gasteiger partial charge in [-0.1, -0.05) is 13.3 Å². The normalized spacial score (nSPS) is 19.9. The minimum absolute atomic E-state index is 0.213. The lowest BCUT2D eigenvalue weighted by atomic mass is 9.97. The van der Waals surface area contributed by atoms with Crippen molar-refractivity contribution in [3.8, 4) is 0 Å². The number of rotatable bonds is 3. The highest BCUT2D eigenvalue weighted by molar-refractivity contribution is 14.1. The number of carbonyl (C=O) groups is 1. The number of piperidine rings is 1. The van der Waals surface area contributed by atoms with E-state index in [-0.39, 0.29) is 5.91 Å². The molecule has 0 aromatic heterocycles. The van der Waals surface area contributed by atoms with Crippen molar-refractivity contribution in [1.82, 2.24) is 4.90 Å². The zero-order chi connectivity index (χ0) is 13.0. The number of carbonyl (C=O) groups excluding carboxylic acids is 1. The van der Waals surface area contributed by atoms with Crippen LogP contribution in [0.1, 0.15) is 49.4 Å². The largest absolute Gasteiger partial charge is 0.336 e. The number of nitrogens with zero attached hydrogens (tertiary/aromatic N) is 1. The highest BCUT2D eigenvalue weighted by atomic mass is 127. The maximum Gasteiger partial charge on any atom is 0.254 e. The Kier molecular flexibility index (Phi) is 5.03. The van der Waals surface area contributed by atoms with Crippen molar-refractivity contribution in [2.24, 2.45) is 0 Å². The Morgan fingerprint density at radius 3 is 2.72 bits per heavy atom. The number of hydrogen-bond donors (Lipinski definition) is 0. The van der Waals surface area contributed by atoms with Crippen LogP contribution in [0.5, 0.6) is 0 Å². The molecule has 0 bridgehead atoms. The lowest BCUT2D eigenvalue weighted by Crippen LogP contribution is -2.43. The first-order valence-corrected chi connectivity index (χ1v) is 7.86. The van der Waals surface area contributed by atoms with Gasteiger partial charge in [0.15, 0.2) is 0 Å². The Labute approximate surface area is 123 Å². The molecular formula is C15H20INO. The zero-order valence-corrected chi connectivity index (χ0v) is 13.0. The Hall–Kier alpha value is -0.580. The average Bonchev–Trinajstić information content (AvgIpc) is 2.40. The number of likely N-dealkylation sites (tertiary alicyclic amines) is 1. The highest BCUT2D eigenvalue weighted by Gasteiger charge is 2.26. The van der Waals surface area contributed by atoms with E-state index in [1.54, 1.807) is 0 Å².